The standard InChI is InChI=1S/C27H27F3N4O2/c1-18(32-26(35)27(28,29)30)25(20-9-5-4-6-10-20)36-23-12-13-24-21(15-23)16-31-34(24)22-11-7-8-19(14-22)17-33(2)3/h4-16,18,25H,17H2,1-3H3,(H,32,35). The molecule has 36 heavy (non-hydrogen) atoms. The highest BCUT2D eigenvalue weighted by Crippen LogP contribution is 2.29. The molecule has 1 N–H and O–H groups in total. The van der Waals surface area contributed by atoms with Crippen LogP contribution in [0.3, 0.4) is 0 Å². The summed E-state index contributed by atoms with van der Waals surface area (Å²) >= 11 is 0. The van der Waals surface area contributed by atoms with Crippen molar-refractivity contribution in [3.8, 4) is 11.4 Å². The van der Waals surface area contributed by atoms with E-state index in [2.05, 4.69) is 22.1 Å². The van der Waals surface area contributed by atoms with E-state index in [0.29, 0.717) is 11.3 Å². The van der Waals surface area contributed by atoms with Gasteiger partial charge in [-0.05, 0) is 62.5 Å². The number of ether oxygens (including phenoxy) is 1. The maximum absolute atomic E-state index is 12.8. The zero-order valence-electron chi connectivity index (χ0n) is 20.2. The van der Waals surface area contributed by atoms with Crippen LogP contribution in [0.15, 0.2) is 79.0 Å². The van der Waals surface area contributed by atoms with Crippen molar-refractivity contribution in [3.05, 3.63) is 90.1 Å². The Bertz CT molecular complexity index is 1340. The van der Waals surface area contributed by atoms with E-state index in [1.165, 1.54) is 6.92 Å². The average Bonchev–Trinajstić information content (AvgIpc) is 3.25. The molecule has 9 heteroatoms. The monoisotopic (exact) mass is 496 g/mol. The lowest BCUT2D eigenvalue weighted by Crippen LogP contribution is -2.45. The number of hydrogen-bond donors (Lipinski definition) is 1. The molecule has 3 aromatic carbocycles. The van der Waals surface area contributed by atoms with Gasteiger partial charge in [0.05, 0.1) is 23.4 Å². The highest BCUT2D eigenvalue weighted by Gasteiger charge is 2.40. The molecule has 0 aliphatic carbocycles. The van der Waals surface area contributed by atoms with E-state index in [1.807, 2.05) is 42.3 Å². The van der Waals surface area contributed by atoms with Crippen molar-refractivity contribution in [1.82, 2.24) is 20.0 Å². The van der Waals surface area contributed by atoms with Crippen molar-refractivity contribution in [2.75, 3.05) is 14.1 Å². The molecule has 1 aromatic heterocycles. The van der Waals surface area contributed by atoms with Crippen LogP contribution in [0.25, 0.3) is 16.6 Å². The number of carbonyl (C=O) groups excluding carboxylic acids is 1. The summed E-state index contributed by atoms with van der Waals surface area (Å²) in [5.41, 5.74) is 3.57. The molecular weight excluding hydrogens is 469 g/mol. The van der Waals surface area contributed by atoms with E-state index in [0.717, 1.165) is 28.7 Å². The number of benzene rings is 3. The van der Waals surface area contributed by atoms with Crippen molar-refractivity contribution in [1.29, 1.82) is 0 Å². The van der Waals surface area contributed by atoms with Gasteiger partial charge in [-0.2, -0.15) is 18.3 Å². The molecule has 4 aromatic rings. The maximum Gasteiger partial charge on any atom is 0.471 e. The van der Waals surface area contributed by atoms with Crippen LogP contribution in [-0.4, -0.2) is 46.9 Å². The molecule has 2 atom stereocenters. The van der Waals surface area contributed by atoms with E-state index >= 15 is 0 Å². The SMILES string of the molecule is CC(NC(=O)C(F)(F)F)C(Oc1ccc2c(cnn2-c2cccc(CN(C)C)c2)c1)c1ccccc1. The van der Waals surface area contributed by atoms with Crippen molar-refractivity contribution >= 4 is 16.8 Å². The first-order valence-corrected chi connectivity index (χ1v) is 11.4. The molecule has 188 valence electrons. The number of nitrogens with one attached hydrogen (secondary N) is 1. The number of hydrogen-bond acceptors (Lipinski definition) is 4. The van der Waals surface area contributed by atoms with Crippen LogP contribution in [0.1, 0.15) is 24.2 Å². The summed E-state index contributed by atoms with van der Waals surface area (Å²) in [6, 6.07) is 21.4. The summed E-state index contributed by atoms with van der Waals surface area (Å²) in [5.74, 6) is -1.56. The van der Waals surface area contributed by atoms with Crippen LogP contribution < -0.4 is 10.1 Å². The number of aromatic nitrogens is 2. The van der Waals surface area contributed by atoms with E-state index in [1.54, 1.807) is 48.7 Å². The third-order valence-electron chi connectivity index (χ3n) is 5.65. The van der Waals surface area contributed by atoms with Crippen LogP contribution in [0.2, 0.25) is 0 Å². The fourth-order valence-electron chi connectivity index (χ4n) is 4.05. The largest absolute Gasteiger partial charge is 0.484 e. The summed E-state index contributed by atoms with van der Waals surface area (Å²) in [7, 11) is 4.02. The number of amides is 1. The first-order valence-electron chi connectivity index (χ1n) is 11.4. The highest BCUT2D eigenvalue weighted by atomic mass is 19.4. The number of halogens is 3. The summed E-state index contributed by atoms with van der Waals surface area (Å²) in [6.07, 6.45) is -4.10. The molecule has 1 heterocycles. The average molecular weight is 497 g/mol. The maximum atomic E-state index is 12.8. The molecule has 0 bridgehead atoms. The Balaban J connectivity index is 1.61. The Morgan fingerprint density at radius 2 is 1.81 bits per heavy atom. The molecule has 0 spiro atoms. The molecule has 0 radical (unpaired) electrons. The van der Waals surface area contributed by atoms with Crippen LogP contribution in [-0.2, 0) is 11.3 Å². The molecule has 0 saturated heterocycles. The molecular formula is C27H27F3N4O2. The minimum atomic E-state index is -4.98. The molecule has 2 unspecified atom stereocenters. The number of alkyl halides is 3. The van der Waals surface area contributed by atoms with E-state index < -0.39 is 24.2 Å². The van der Waals surface area contributed by atoms with Gasteiger partial charge in [-0.3, -0.25) is 4.79 Å². The molecule has 4 rings (SSSR count). The summed E-state index contributed by atoms with van der Waals surface area (Å²) < 4.78 is 46.5. The van der Waals surface area contributed by atoms with Crippen LogP contribution in [0, 0.1) is 0 Å². The summed E-state index contributed by atoms with van der Waals surface area (Å²) in [6.45, 7) is 2.29. The second kappa shape index (κ2) is 10.4. The van der Waals surface area contributed by atoms with Crippen molar-refractivity contribution in [2.24, 2.45) is 0 Å². The zero-order chi connectivity index (χ0) is 25.9. The minimum Gasteiger partial charge on any atom is -0.484 e. The van der Waals surface area contributed by atoms with Gasteiger partial charge >= 0.3 is 12.1 Å². The van der Waals surface area contributed by atoms with E-state index in [9.17, 15) is 18.0 Å². The van der Waals surface area contributed by atoms with E-state index in [-0.39, 0.29) is 0 Å². The lowest BCUT2D eigenvalue weighted by Gasteiger charge is -2.27. The molecule has 1 amide bonds. The number of carbonyl (C=O) groups is 1. The Kier molecular flexibility index (Phi) is 7.30. The predicted molar refractivity (Wildman–Crippen MR) is 132 cm³/mol. The molecule has 0 aliphatic rings. The smallest absolute Gasteiger partial charge is 0.471 e. The van der Waals surface area contributed by atoms with Crippen molar-refractivity contribution in [2.45, 2.75) is 31.8 Å². The Morgan fingerprint density at radius 1 is 1.06 bits per heavy atom. The number of fused-ring (bicyclic) bond motifs is 1. The third kappa shape index (κ3) is 5.85. The lowest BCUT2D eigenvalue weighted by molar-refractivity contribution is -0.174. The van der Waals surface area contributed by atoms with Gasteiger partial charge in [0.15, 0.2) is 0 Å². The van der Waals surface area contributed by atoms with Gasteiger partial charge < -0.3 is 15.0 Å². The van der Waals surface area contributed by atoms with Gasteiger partial charge in [0.2, 0.25) is 0 Å². The predicted octanol–water partition coefficient (Wildman–Crippen LogP) is 5.27. The van der Waals surface area contributed by atoms with Crippen molar-refractivity contribution in [3.63, 3.8) is 0 Å². The van der Waals surface area contributed by atoms with Crippen LogP contribution >= 0.6 is 0 Å². The Morgan fingerprint density at radius 3 is 2.50 bits per heavy atom. The van der Waals surface area contributed by atoms with Gasteiger partial charge in [0.1, 0.15) is 11.9 Å². The minimum absolute atomic E-state index is 0.449. The lowest BCUT2D eigenvalue weighted by atomic mass is 10.0. The van der Waals surface area contributed by atoms with Crippen LogP contribution in [0.5, 0.6) is 5.75 Å². The highest BCUT2D eigenvalue weighted by molar-refractivity contribution is 5.82. The van der Waals surface area contributed by atoms with E-state index in [4.69, 9.17) is 4.74 Å². The molecule has 0 aliphatic heterocycles. The van der Waals surface area contributed by atoms with Crippen LogP contribution in [0.4, 0.5) is 13.2 Å². The quantitative estimate of drug-likeness (QED) is 0.361. The second-order valence-corrected chi connectivity index (χ2v) is 8.89. The third-order valence-corrected chi connectivity index (χ3v) is 5.65. The summed E-state index contributed by atoms with van der Waals surface area (Å²) in [5, 5.41) is 7.35. The number of nitrogens with zero attached hydrogens (tertiary/aromatic N) is 3. The van der Waals surface area contributed by atoms with Gasteiger partial charge in [-0.1, -0.05) is 42.5 Å². The van der Waals surface area contributed by atoms with Gasteiger partial charge in [0.25, 0.3) is 0 Å². The molecule has 0 saturated carbocycles. The Hall–Kier alpha value is -3.85. The normalized spacial score (nSPS) is 13.5. The van der Waals surface area contributed by atoms with Gasteiger partial charge in [0, 0.05) is 11.9 Å². The fraction of sp³-hybridized carbons (Fsp3) is 0.259. The van der Waals surface area contributed by atoms with Crippen molar-refractivity contribution < 1.29 is 22.7 Å². The fourth-order valence-corrected chi connectivity index (χ4v) is 4.05. The number of rotatable bonds is 8. The molecule has 6 nitrogen and oxygen atoms in total. The first kappa shape index (κ1) is 25.2. The van der Waals surface area contributed by atoms with Gasteiger partial charge in [-0.15, -0.1) is 0 Å². The molecule has 0 fully saturated rings. The second-order valence-electron chi connectivity index (χ2n) is 8.89. The Labute approximate surface area is 207 Å². The zero-order valence-corrected chi connectivity index (χ0v) is 20.2. The summed E-state index contributed by atoms with van der Waals surface area (Å²) in [4.78, 5) is 13.6. The topological polar surface area (TPSA) is 59.4 Å². The van der Waals surface area contributed by atoms with Gasteiger partial charge in [-0.25, -0.2) is 4.68 Å². The first-order chi connectivity index (χ1) is 17.1.